The number of hydrogen-bond donors (Lipinski definition) is 1. The molecule has 2 aromatic rings. The number of anilines is 1. The van der Waals surface area contributed by atoms with E-state index in [2.05, 4.69) is 32.2 Å². The Morgan fingerprint density at radius 1 is 1.24 bits per heavy atom. The van der Waals surface area contributed by atoms with Gasteiger partial charge in [-0.3, -0.25) is 4.79 Å². The Bertz CT molecular complexity index is 793. The van der Waals surface area contributed by atoms with Crippen LogP contribution in [-0.2, 0) is 17.8 Å². The highest BCUT2D eigenvalue weighted by molar-refractivity contribution is 5.91. The number of fused-ring (bicyclic) bond motifs is 1. The summed E-state index contributed by atoms with van der Waals surface area (Å²) in [6.45, 7) is 0.974. The summed E-state index contributed by atoms with van der Waals surface area (Å²) in [7, 11) is 0. The van der Waals surface area contributed by atoms with E-state index in [0.29, 0.717) is 12.3 Å². The number of carbonyl (C=O) groups excluding carboxylic acids is 1. The molecule has 0 saturated heterocycles. The number of carbonyl (C=O) groups is 1. The lowest BCUT2D eigenvalue weighted by Crippen LogP contribution is -2.14. The molecule has 0 saturated carbocycles. The Morgan fingerprint density at radius 2 is 2.20 bits per heavy atom. The Kier molecular flexibility index (Phi) is 4.63. The molecule has 5 heteroatoms. The van der Waals surface area contributed by atoms with Crippen LogP contribution in [-0.4, -0.2) is 20.7 Å². The summed E-state index contributed by atoms with van der Waals surface area (Å²) < 4.78 is 2.23. The monoisotopic (exact) mass is 336 g/mol. The zero-order valence-electron chi connectivity index (χ0n) is 14.4. The van der Waals surface area contributed by atoms with Crippen LogP contribution in [0.4, 0.5) is 5.69 Å². The van der Waals surface area contributed by atoms with Crippen molar-refractivity contribution in [3.05, 3.63) is 42.2 Å². The first kappa shape index (κ1) is 16.1. The number of aryl methyl sites for hydroxylation is 1. The van der Waals surface area contributed by atoms with Crippen molar-refractivity contribution in [2.24, 2.45) is 5.92 Å². The van der Waals surface area contributed by atoms with Gasteiger partial charge in [-0.25, -0.2) is 0 Å². The zero-order chi connectivity index (χ0) is 17.1. The minimum atomic E-state index is 0.0776. The van der Waals surface area contributed by atoms with Gasteiger partial charge in [0.2, 0.25) is 5.91 Å². The van der Waals surface area contributed by atoms with Crippen LogP contribution in [0.3, 0.4) is 0 Å². The molecule has 0 fully saturated rings. The molecule has 1 N–H and O–H groups in total. The largest absolute Gasteiger partial charge is 0.326 e. The van der Waals surface area contributed by atoms with Crippen LogP contribution >= 0.6 is 0 Å². The molecule has 4 rings (SSSR count). The maximum absolute atomic E-state index is 12.3. The van der Waals surface area contributed by atoms with Crippen molar-refractivity contribution in [1.82, 2.24) is 14.8 Å². The summed E-state index contributed by atoms with van der Waals surface area (Å²) in [5, 5.41) is 11.8. The van der Waals surface area contributed by atoms with Crippen LogP contribution in [0.5, 0.6) is 0 Å². The smallest absolute Gasteiger partial charge is 0.224 e. The molecular weight excluding hydrogens is 312 g/mol. The van der Waals surface area contributed by atoms with E-state index >= 15 is 0 Å². The maximum atomic E-state index is 12.3. The molecule has 0 unspecified atom stereocenters. The predicted octanol–water partition coefficient (Wildman–Crippen LogP) is 3.97. The van der Waals surface area contributed by atoms with Gasteiger partial charge in [0.25, 0.3) is 0 Å². The summed E-state index contributed by atoms with van der Waals surface area (Å²) >= 11 is 0. The normalized spacial score (nSPS) is 19.4. The fraction of sp³-hybridized carbons (Fsp3) is 0.450. The lowest BCUT2D eigenvalue weighted by atomic mass is 10.0. The molecule has 1 aliphatic carbocycles. The molecule has 1 amide bonds. The average Bonchev–Trinajstić information content (AvgIpc) is 3.20. The topological polar surface area (TPSA) is 59.8 Å². The van der Waals surface area contributed by atoms with Gasteiger partial charge in [-0.05, 0) is 43.7 Å². The number of allylic oxidation sites excluding steroid dienone is 2. The third kappa shape index (κ3) is 3.65. The van der Waals surface area contributed by atoms with E-state index < -0.39 is 0 Å². The molecule has 2 heterocycles. The summed E-state index contributed by atoms with van der Waals surface area (Å²) in [4.78, 5) is 12.3. The molecule has 0 bridgehead atoms. The second-order valence-corrected chi connectivity index (χ2v) is 7.00. The Labute approximate surface area is 148 Å². The SMILES string of the molecule is O=C(C[C@H]1C=CCC1)Nc1cccc(-c2nnc3n2CCCCC3)c1. The van der Waals surface area contributed by atoms with Gasteiger partial charge < -0.3 is 9.88 Å². The first-order valence-electron chi connectivity index (χ1n) is 9.28. The number of nitrogens with zero attached hydrogens (tertiary/aromatic N) is 3. The van der Waals surface area contributed by atoms with Crippen molar-refractivity contribution in [3.63, 3.8) is 0 Å². The number of rotatable bonds is 4. The van der Waals surface area contributed by atoms with Crippen LogP contribution in [0.2, 0.25) is 0 Å². The molecule has 1 aliphatic heterocycles. The van der Waals surface area contributed by atoms with Crippen LogP contribution in [0, 0.1) is 5.92 Å². The van der Waals surface area contributed by atoms with Crippen molar-refractivity contribution in [2.75, 3.05) is 5.32 Å². The Morgan fingerprint density at radius 3 is 3.08 bits per heavy atom. The average molecular weight is 336 g/mol. The quantitative estimate of drug-likeness (QED) is 0.860. The van der Waals surface area contributed by atoms with Gasteiger partial charge >= 0.3 is 0 Å². The van der Waals surface area contributed by atoms with E-state index in [0.717, 1.165) is 48.7 Å². The van der Waals surface area contributed by atoms with Gasteiger partial charge in [0.1, 0.15) is 5.82 Å². The molecule has 1 aromatic carbocycles. The molecule has 0 radical (unpaired) electrons. The summed E-state index contributed by atoms with van der Waals surface area (Å²) in [6, 6.07) is 7.95. The number of hydrogen-bond acceptors (Lipinski definition) is 3. The van der Waals surface area contributed by atoms with E-state index in [-0.39, 0.29) is 5.91 Å². The minimum Gasteiger partial charge on any atom is -0.326 e. The lowest BCUT2D eigenvalue weighted by molar-refractivity contribution is -0.116. The van der Waals surface area contributed by atoms with Crippen molar-refractivity contribution in [1.29, 1.82) is 0 Å². The number of aromatic nitrogens is 3. The van der Waals surface area contributed by atoms with E-state index in [1.165, 1.54) is 19.3 Å². The van der Waals surface area contributed by atoms with Crippen molar-refractivity contribution < 1.29 is 4.79 Å². The van der Waals surface area contributed by atoms with E-state index in [4.69, 9.17) is 0 Å². The molecule has 25 heavy (non-hydrogen) atoms. The first-order valence-corrected chi connectivity index (χ1v) is 9.28. The Hall–Kier alpha value is -2.43. The molecule has 1 atom stereocenters. The van der Waals surface area contributed by atoms with Gasteiger partial charge in [0.05, 0.1) is 0 Å². The highest BCUT2D eigenvalue weighted by atomic mass is 16.1. The fourth-order valence-electron chi connectivity index (χ4n) is 3.75. The van der Waals surface area contributed by atoms with Crippen LogP contribution in [0.15, 0.2) is 36.4 Å². The second-order valence-electron chi connectivity index (χ2n) is 7.00. The molecule has 0 spiro atoms. The third-order valence-electron chi connectivity index (χ3n) is 5.07. The third-order valence-corrected chi connectivity index (χ3v) is 5.07. The fourth-order valence-corrected chi connectivity index (χ4v) is 3.75. The van der Waals surface area contributed by atoms with E-state index in [1.54, 1.807) is 0 Å². The Balaban J connectivity index is 1.51. The van der Waals surface area contributed by atoms with Crippen molar-refractivity contribution >= 4 is 11.6 Å². The zero-order valence-corrected chi connectivity index (χ0v) is 14.4. The molecule has 5 nitrogen and oxygen atoms in total. The van der Waals surface area contributed by atoms with Gasteiger partial charge in [-0.2, -0.15) is 0 Å². The van der Waals surface area contributed by atoms with Crippen LogP contribution in [0.1, 0.15) is 44.3 Å². The van der Waals surface area contributed by atoms with Crippen molar-refractivity contribution in [2.45, 2.75) is 51.5 Å². The second kappa shape index (κ2) is 7.21. The highest BCUT2D eigenvalue weighted by Crippen LogP contribution is 2.26. The summed E-state index contributed by atoms with van der Waals surface area (Å²) in [5.74, 6) is 2.45. The maximum Gasteiger partial charge on any atom is 0.224 e. The van der Waals surface area contributed by atoms with Crippen molar-refractivity contribution in [3.8, 4) is 11.4 Å². The first-order chi connectivity index (χ1) is 12.3. The molecule has 1 aromatic heterocycles. The van der Waals surface area contributed by atoms with Crippen LogP contribution in [0.25, 0.3) is 11.4 Å². The van der Waals surface area contributed by atoms with Gasteiger partial charge in [-0.15, -0.1) is 10.2 Å². The highest BCUT2D eigenvalue weighted by Gasteiger charge is 2.17. The number of benzene rings is 1. The number of amides is 1. The van der Waals surface area contributed by atoms with Crippen LogP contribution < -0.4 is 5.32 Å². The van der Waals surface area contributed by atoms with Gasteiger partial charge in [0, 0.05) is 30.6 Å². The number of nitrogens with one attached hydrogen (secondary N) is 1. The molecule has 2 aliphatic rings. The molecule has 130 valence electrons. The predicted molar refractivity (Wildman–Crippen MR) is 98.1 cm³/mol. The van der Waals surface area contributed by atoms with Gasteiger partial charge in [0.15, 0.2) is 5.82 Å². The summed E-state index contributed by atoms with van der Waals surface area (Å²) in [5.41, 5.74) is 1.84. The van der Waals surface area contributed by atoms with E-state index in [1.807, 2.05) is 24.3 Å². The van der Waals surface area contributed by atoms with Gasteiger partial charge in [-0.1, -0.05) is 30.7 Å². The van der Waals surface area contributed by atoms with E-state index in [9.17, 15) is 4.79 Å². The standard InChI is InChI=1S/C20H24N4O/c25-19(13-15-7-3-4-8-15)21-17-10-6-9-16(14-17)20-23-22-18-11-2-1-5-12-24(18)20/h3,6-7,9-10,14-15H,1-2,4-5,8,11-13H2,(H,21,25)/t15-/m0/s1. The molecular formula is C20H24N4O. The lowest BCUT2D eigenvalue weighted by Gasteiger charge is -2.11. The minimum absolute atomic E-state index is 0.0776. The summed E-state index contributed by atoms with van der Waals surface area (Å²) in [6.07, 6.45) is 11.6.